The van der Waals surface area contributed by atoms with E-state index in [1.165, 1.54) is 5.56 Å². The lowest BCUT2D eigenvalue weighted by Gasteiger charge is -2.15. The Bertz CT molecular complexity index is 906. The third kappa shape index (κ3) is 5.48. The van der Waals surface area contributed by atoms with Crippen LogP contribution in [0.4, 0.5) is 0 Å². The fourth-order valence-electron chi connectivity index (χ4n) is 2.48. The van der Waals surface area contributed by atoms with E-state index in [0.29, 0.717) is 11.5 Å². The minimum absolute atomic E-state index is 0.300. The monoisotopic (exact) mass is 377 g/mol. The summed E-state index contributed by atoms with van der Waals surface area (Å²) in [5.41, 5.74) is 2.81. The van der Waals surface area contributed by atoms with Crippen LogP contribution in [0.5, 0.6) is 5.75 Å². The molecule has 2 aromatic carbocycles. The van der Waals surface area contributed by atoms with Crippen LogP contribution in [0.2, 0.25) is 0 Å². The van der Waals surface area contributed by atoms with Gasteiger partial charge in [0.05, 0.1) is 12.7 Å². The zero-order chi connectivity index (χ0) is 19.2. The highest BCUT2D eigenvalue weighted by Gasteiger charge is 2.31. The fraction of sp³-hybridized carbons (Fsp3) is 0.222. The summed E-state index contributed by atoms with van der Waals surface area (Å²) in [5, 5.41) is 0. The maximum Gasteiger partial charge on any atom is 0.409 e. The Balaban J connectivity index is 0.000000352. The van der Waals surface area contributed by atoms with E-state index in [1.54, 1.807) is 12.1 Å². The van der Waals surface area contributed by atoms with E-state index in [2.05, 4.69) is 10.2 Å². The second-order valence-corrected chi connectivity index (χ2v) is 6.60. The first-order valence-corrected chi connectivity index (χ1v) is 9.10. The van der Waals surface area contributed by atoms with Gasteiger partial charge in [0.2, 0.25) is 10.4 Å². The Hall–Kier alpha value is -2.55. The highest BCUT2D eigenvalue weighted by Crippen LogP contribution is 2.17. The third-order valence-electron chi connectivity index (χ3n) is 3.72. The molecule has 0 saturated heterocycles. The van der Waals surface area contributed by atoms with Crippen molar-refractivity contribution in [3.8, 4) is 5.75 Å². The highest BCUT2D eigenvalue weighted by atomic mass is 32.3. The van der Waals surface area contributed by atoms with E-state index in [0.717, 1.165) is 25.6 Å². The number of fused-ring (bicyclic) bond motifs is 1. The molecule has 3 rings (SSSR count). The van der Waals surface area contributed by atoms with Crippen LogP contribution in [0.1, 0.15) is 11.1 Å². The van der Waals surface area contributed by atoms with E-state index in [1.807, 2.05) is 48.0 Å². The van der Waals surface area contributed by atoms with E-state index in [-0.39, 0.29) is 5.97 Å². The topological polar surface area (TPSA) is 95.7 Å². The van der Waals surface area contributed by atoms with Crippen LogP contribution in [-0.2, 0) is 25.8 Å². The number of para-hydroxylation sites is 1. The molecule has 138 valence electrons. The number of carbonyl (C=O) groups is 1. The largest absolute Gasteiger partial charge is 0.726 e. The molecule has 0 radical (unpaired) electrons. The molecule has 0 spiro atoms. The molecular formula is C18H19NO6S. The molecule has 0 unspecified atom stereocenters. The van der Waals surface area contributed by atoms with Gasteiger partial charge in [-0.25, -0.2) is 17.8 Å². The zero-order valence-corrected chi connectivity index (χ0v) is 15.2. The van der Waals surface area contributed by atoms with Crippen LogP contribution in [0.25, 0.3) is 0 Å². The highest BCUT2D eigenvalue weighted by molar-refractivity contribution is 7.80. The molecule has 0 amide bonds. The Kier molecular flexibility index (Phi) is 6.62. The van der Waals surface area contributed by atoms with Gasteiger partial charge in [0.1, 0.15) is 19.3 Å². The van der Waals surface area contributed by atoms with Crippen molar-refractivity contribution in [1.82, 2.24) is 0 Å². The van der Waals surface area contributed by atoms with Crippen LogP contribution in [0.3, 0.4) is 0 Å². The fourth-order valence-corrected chi connectivity index (χ4v) is 2.48. The summed E-state index contributed by atoms with van der Waals surface area (Å²) in [4.78, 5) is 12.4. The summed E-state index contributed by atoms with van der Waals surface area (Å²) in [6.07, 6.45) is 0.953. The second-order valence-electron chi connectivity index (χ2n) is 5.45. The van der Waals surface area contributed by atoms with E-state index >= 15 is 0 Å². The molecule has 8 heteroatoms. The quantitative estimate of drug-likeness (QED) is 0.264. The predicted octanol–water partition coefficient (Wildman–Crippen LogP) is 1.37. The van der Waals surface area contributed by atoms with Gasteiger partial charge in [-0.05, 0) is 23.8 Å². The van der Waals surface area contributed by atoms with Gasteiger partial charge in [-0.15, -0.1) is 0 Å². The minimum Gasteiger partial charge on any atom is -0.726 e. The van der Waals surface area contributed by atoms with Gasteiger partial charge in [-0.1, -0.05) is 36.4 Å². The number of nitrogens with zero attached hydrogens (tertiary/aromatic N) is 1. The first kappa shape index (κ1) is 19.8. The van der Waals surface area contributed by atoms with Crippen LogP contribution in [-0.4, -0.2) is 49.9 Å². The Labute approximate surface area is 152 Å². The number of hydrogen-bond donors (Lipinski definition) is 0. The Morgan fingerprint density at radius 2 is 1.65 bits per heavy atom. The Morgan fingerprint density at radius 3 is 2.27 bits per heavy atom. The lowest BCUT2D eigenvalue weighted by Crippen LogP contribution is -2.35. The maximum absolute atomic E-state index is 12.4. The smallest absolute Gasteiger partial charge is 0.409 e. The van der Waals surface area contributed by atoms with Crippen molar-refractivity contribution in [2.24, 2.45) is 0 Å². The van der Waals surface area contributed by atoms with E-state index < -0.39 is 10.4 Å². The zero-order valence-electron chi connectivity index (χ0n) is 14.4. The van der Waals surface area contributed by atoms with Gasteiger partial charge in [-0.2, -0.15) is 0 Å². The summed E-state index contributed by atoms with van der Waals surface area (Å²) in [6.45, 7) is 0.830. The molecule has 1 aliphatic rings. The summed E-state index contributed by atoms with van der Waals surface area (Å²) in [5.74, 6) is 0.271. The third-order valence-corrected chi connectivity index (χ3v) is 4.13. The number of rotatable bonds is 3. The van der Waals surface area contributed by atoms with Crippen molar-refractivity contribution in [3.63, 3.8) is 0 Å². The first-order chi connectivity index (χ1) is 12.3. The lowest BCUT2D eigenvalue weighted by atomic mass is 9.97. The van der Waals surface area contributed by atoms with Crippen molar-refractivity contribution >= 4 is 22.1 Å². The van der Waals surface area contributed by atoms with Crippen molar-refractivity contribution in [3.05, 3.63) is 65.7 Å². The molecule has 2 aromatic rings. The number of likely N-dealkylation sites (N-methyl/N-ethyl adjacent to an activating group) is 1. The van der Waals surface area contributed by atoms with Crippen molar-refractivity contribution < 1.29 is 31.3 Å². The molecule has 0 saturated carbocycles. The average Bonchev–Trinajstić information content (AvgIpc) is 2.62. The SMILES string of the molecule is COS(=O)(=O)[O-].C[N+]1=C(C(=O)Oc2ccccc2)c2ccccc2CC1. The predicted molar refractivity (Wildman–Crippen MR) is 94.1 cm³/mol. The number of hydrogen-bond acceptors (Lipinski definition) is 6. The number of ether oxygens (including phenoxy) is 1. The molecule has 0 aliphatic carbocycles. The normalized spacial score (nSPS) is 13.3. The average molecular weight is 377 g/mol. The molecule has 1 heterocycles. The maximum atomic E-state index is 12.4. The molecule has 26 heavy (non-hydrogen) atoms. The molecule has 7 nitrogen and oxygen atoms in total. The van der Waals surface area contributed by atoms with Gasteiger partial charge in [-0.3, -0.25) is 4.18 Å². The summed E-state index contributed by atoms with van der Waals surface area (Å²) >= 11 is 0. The summed E-state index contributed by atoms with van der Waals surface area (Å²) in [7, 11) is -1.68. The molecule has 0 aromatic heterocycles. The van der Waals surface area contributed by atoms with E-state index in [4.69, 9.17) is 4.74 Å². The lowest BCUT2D eigenvalue weighted by molar-refractivity contribution is -0.497. The summed E-state index contributed by atoms with van der Waals surface area (Å²) in [6, 6.07) is 17.2. The van der Waals surface area contributed by atoms with Crippen LogP contribution in [0, 0.1) is 0 Å². The molecular weight excluding hydrogens is 358 g/mol. The van der Waals surface area contributed by atoms with Crippen molar-refractivity contribution in [2.75, 3.05) is 20.7 Å². The number of benzene rings is 2. The molecule has 0 atom stereocenters. The molecule has 0 bridgehead atoms. The van der Waals surface area contributed by atoms with Gasteiger partial charge < -0.3 is 9.29 Å². The summed E-state index contributed by atoms with van der Waals surface area (Å²) < 4.78 is 38.5. The van der Waals surface area contributed by atoms with E-state index in [9.17, 15) is 17.8 Å². The van der Waals surface area contributed by atoms with Gasteiger partial charge in [0, 0.05) is 6.42 Å². The van der Waals surface area contributed by atoms with Gasteiger partial charge in [0.15, 0.2) is 0 Å². The van der Waals surface area contributed by atoms with Crippen molar-refractivity contribution in [2.45, 2.75) is 6.42 Å². The Morgan fingerprint density at radius 1 is 1.08 bits per heavy atom. The molecule has 1 aliphatic heterocycles. The standard InChI is InChI=1S/C17H16NO2.CH4O4S/c1-18-12-11-13-7-5-6-10-15(13)16(18)17(19)20-14-8-3-2-4-9-14;1-5-6(2,3)4/h2-10H,11-12H2,1H3;1H3,(H,2,3,4)/q+1;/p-1. The van der Waals surface area contributed by atoms with Gasteiger partial charge >= 0.3 is 5.97 Å². The number of esters is 1. The molecule has 0 fully saturated rings. The minimum atomic E-state index is -4.41. The van der Waals surface area contributed by atoms with Crippen molar-refractivity contribution in [1.29, 1.82) is 0 Å². The molecule has 0 N–H and O–H groups in total. The first-order valence-electron chi connectivity index (χ1n) is 7.77. The second kappa shape index (κ2) is 8.70. The number of carbonyl (C=O) groups excluding carboxylic acids is 1. The van der Waals surface area contributed by atoms with Gasteiger partial charge in [0.25, 0.3) is 5.71 Å². The van der Waals surface area contributed by atoms with Crippen LogP contribution >= 0.6 is 0 Å². The van der Waals surface area contributed by atoms with Crippen LogP contribution < -0.4 is 4.74 Å². The van der Waals surface area contributed by atoms with Crippen LogP contribution in [0.15, 0.2) is 54.6 Å².